The van der Waals surface area contributed by atoms with Crippen molar-refractivity contribution in [3.05, 3.63) is 0 Å². The lowest BCUT2D eigenvalue weighted by Crippen LogP contribution is -2.37. The highest BCUT2D eigenvalue weighted by Gasteiger charge is 1.99. The van der Waals surface area contributed by atoms with E-state index in [4.69, 9.17) is 5.84 Å². The molecule has 50 valence electrons. The van der Waals surface area contributed by atoms with E-state index >= 15 is 0 Å². The van der Waals surface area contributed by atoms with Crippen molar-refractivity contribution in [3.63, 3.8) is 0 Å². The fourth-order valence-corrected chi connectivity index (χ4v) is 0.516. The zero-order chi connectivity index (χ0) is 6.57. The van der Waals surface area contributed by atoms with Gasteiger partial charge in [0, 0.05) is 12.6 Å². The zero-order valence-electron chi connectivity index (χ0n) is 6.02. The molecule has 0 aliphatic heterocycles. The van der Waals surface area contributed by atoms with E-state index in [0.29, 0.717) is 6.04 Å². The Hall–Kier alpha value is -0.0800. The van der Waals surface area contributed by atoms with E-state index in [2.05, 4.69) is 20.8 Å². The number of nitrogens with two attached hydrogens (primary N) is 1. The molecule has 0 saturated heterocycles. The molecule has 0 heterocycles. The first-order valence-corrected chi connectivity index (χ1v) is 3.19. The Balaban J connectivity index is 3.17. The van der Waals surface area contributed by atoms with Crippen LogP contribution in [0.4, 0.5) is 0 Å². The molecule has 0 aliphatic carbocycles. The molecule has 0 radical (unpaired) electrons. The van der Waals surface area contributed by atoms with Crippen molar-refractivity contribution >= 4 is 0 Å². The molecule has 2 nitrogen and oxygen atoms in total. The van der Waals surface area contributed by atoms with Crippen LogP contribution in [0.2, 0.25) is 0 Å². The normalized spacial score (nSPS) is 11.2. The first-order chi connectivity index (χ1) is 3.68. The van der Waals surface area contributed by atoms with Crippen molar-refractivity contribution in [3.8, 4) is 0 Å². The Morgan fingerprint density at radius 3 is 2.12 bits per heavy atom. The van der Waals surface area contributed by atoms with Gasteiger partial charge in [0.15, 0.2) is 0 Å². The Kier molecular flexibility index (Phi) is 3.83. The number of rotatable bonds is 3. The fraction of sp³-hybridized carbons (Fsp3) is 1.00. The predicted octanol–water partition coefficient (Wildman–Crippen LogP) is 0.980. The third-order valence-corrected chi connectivity index (χ3v) is 1.15. The van der Waals surface area contributed by atoms with Gasteiger partial charge in [-0.3, -0.25) is 5.84 Å². The molecule has 8 heavy (non-hydrogen) atoms. The van der Waals surface area contributed by atoms with Crippen LogP contribution in [-0.4, -0.2) is 17.6 Å². The lowest BCUT2D eigenvalue weighted by molar-refractivity contribution is 0.228. The number of hydrazine groups is 1. The average molecular weight is 116 g/mol. The zero-order valence-corrected chi connectivity index (χ0v) is 6.02. The molecule has 0 aromatic carbocycles. The minimum atomic E-state index is 0.481. The second kappa shape index (κ2) is 3.87. The summed E-state index contributed by atoms with van der Waals surface area (Å²) in [6.45, 7) is 7.31. The quantitative estimate of drug-likeness (QED) is 0.440. The molecule has 0 amide bonds. The van der Waals surface area contributed by atoms with Crippen LogP contribution in [0.15, 0.2) is 0 Å². The summed E-state index contributed by atoms with van der Waals surface area (Å²) in [7, 11) is 0. The summed E-state index contributed by atoms with van der Waals surface area (Å²) >= 11 is 0. The molecule has 0 rings (SSSR count). The molecular formula is C6H16N2. The van der Waals surface area contributed by atoms with E-state index < -0.39 is 0 Å². The van der Waals surface area contributed by atoms with Gasteiger partial charge < -0.3 is 0 Å². The Bertz CT molecular complexity index is 52.5. The molecule has 0 spiro atoms. The molecule has 0 atom stereocenters. The van der Waals surface area contributed by atoms with Gasteiger partial charge >= 0.3 is 0 Å². The molecule has 0 fully saturated rings. The highest BCUT2D eigenvalue weighted by Crippen LogP contribution is 1.89. The van der Waals surface area contributed by atoms with E-state index in [0.717, 1.165) is 13.0 Å². The Morgan fingerprint density at radius 1 is 1.50 bits per heavy atom. The van der Waals surface area contributed by atoms with Crippen molar-refractivity contribution in [2.45, 2.75) is 33.2 Å². The van der Waals surface area contributed by atoms with Gasteiger partial charge in [-0.05, 0) is 20.3 Å². The van der Waals surface area contributed by atoms with Gasteiger partial charge in [0.25, 0.3) is 0 Å². The van der Waals surface area contributed by atoms with Crippen LogP contribution in [0.1, 0.15) is 27.2 Å². The van der Waals surface area contributed by atoms with Crippen molar-refractivity contribution < 1.29 is 0 Å². The minimum Gasteiger partial charge on any atom is -0.269 e. The lowest BCUT2D eigenvalue weighted by Gasteiger charge is -2.18. The van der Waals surface area contributed by atoms with Crippen molar-refractivity contribution in [1.29, 1.82) is 0 Å². The Labute approximate surface area is 51.6 Å². The molecule has 0 unspecified atom stereocenters. The molecule has 0 aromatic heterocycles. The van der Waals surface area contributed by atoms with E-state index in [1.165, 1.54) is 0 Å². The number of hydrogen-bond donors (Lipinski definition) is 1. The van der Waals surface area contributed by atoms with Crippen LogP contribution in [0, 0.1) is 0 Å². The molecule has 2 heteroatoms. The summed E-state index contributed by atoms with van der Waals surface area (Å²) in [5.41, 5.74) is 0. The highest BCUT2D eigenvalue weighted by atomic mass is 15.4. The SMILES string of the molecule is CCCN(N)C(C)C. The van der Waals surface area contributed by atoms with Gasteiger partial charge in [0.05, 0.1) is 0 Å². The van der Waals surface area contributed by atoms with Gasteiger partial charge in [-0.2, -0.15) is 0 Å². The molecule has 0 aromatic rings. The Morgan fingerprint density at radius 2 is 2.00 bits per heavy atom. The smallest absolute Gasteiger partial charge is 0.0184 e. The van der Waals surface area contributed by atoms with Crippen LogP contribution in [0.25, 0.3) is 0 Å². The van der Waals surface area contributed by atoms with Crippen molar-refractivity contribution in [2.75, 3.05) is 6.54 Å². The summed E-state index contributed by atoms with van der Waals surface area (Å²) < 4.78 is 0. The maximum Gasteiger partial charge on any atom is 0.0184 e. The van der Waals surface area contributed by atoms with Gasteiger partial charge in [0.1, 0.15) is 0 Å². The lowest BCUT2D eigenvalue weighted by atomic mass is 10.3. The number of nitrogens with zero attached hydrogens (tertiary/aromatic N) is 1. The largest absolute Gasteiger partial charge is 0.269 e. The van der Waals surface area contributed by atoms with E-state index in [9.17, 15) is 0 Å². The summed E-state index contributed by atoms with van der Waals surface area (Å²) in [6, 6.07) is 0.481. The number of hydrogen-bond acceptors (Lipinski definition) is 2. The topological polar surface area (TPSA) is 29.3 Å². The standard InChI is InChI=1S/C6H16N2/c1-4-5-8(7)6(2)3/h6H,4-5,7H2,1-3H3. The fourth-order valence-electron chi connectivity index (χ4n) is 0.516. The minimum absolute atomic E-state index is 0.481. The molecule has 0 saturated carbocycles. The second-order valence-corrected chi connectivity index (χ2v) is 2.33. The summed E-state index contributed by atoms with van der Waals surface area (Å²) in [4.78, 5) is 0. The van der Waals surface area contributed by atoms with Crippen LogP contribution < -0.4 is 5.84 Å². The molecular weight excluding hydrogens is 100 g/mol. The van der Waals surface area contributed by atoms with E-state index in [1.807, 2.05) is 5.01 Å². The van der Waals surface area contributed by atoms with Crippen LogP contribution in [-0.2, 0) is 0 Å². The third kappa shape index (κ3) is 2.99. The first kappa shape index (κ1) is 7.92. The average Bonchev–Trinajstić information content (AvgIpc) is 1.67. The van der Waals surface area contributed by atoms with Gasteiger partial charge in [-0.25, -0.2) is 5.01 Å². The van der Waals surface area contributed by atoms with Gasteiger partial charge in [0.2, 0.25) is 0 Å². The van der Waals surface area contributed by atoms with Crippen LogP contribution in [0.5, 0.6) is 0 Å². The monoisotopic (exact) mass is 116 g/mol. The maximum atomic E-state index is 5.56. The summed E-state index contributed by atoms with van der Waals surface area (Å²) in [5.74, 6) is 5.56. The van der Waals surface area contributed by atoms with E-state index in [1.54, 1.807) is 0 Å². The summed E-state index contributed by atoms with van der Waals surface area (Å²) in [6.07, 6.45) is 1.13. The van der Waals surface area contributed by atoms with Crippen LogP contribution in [0.3, 0.4) is 0 Å². The van der Waals surface area contributed by atoms with E-state index in [-0.39, 0.29) is 0 Å². The third-order valence-electron chi connectivity index (χ3n) is 1.15. The predicted molar refractivity (Wildman–Crippen MR) is 36.3 cm³/mol. The molecule has 0 aliphatic rings. The van der Waals surface area contributed by atoms with Crippen molar-refractivity contribution in [2.24, 2.45) is 5.84 Å². The van der Waals surface area contributed by atoms with Crippen LogP contribution >= 0.6 is 0 Å². The van der Waals surface area contributed by atoms with Crippen molar-refractivity contribution in [1.82, 2.24) is 5.01 Å². The maximum absolute atomic E-state index is 5.56. The van der Waals surface area contributed by atoms with Gasteiger partial charge in [-0.15, -0.1) is 0 Å². The molecule has 2 N–H and O–H groups in total. The molecule has 0 bridgehead atoms. The van der Waals surface area contributed by atoms with Gasteiger partial charge in [-0.1, -0.05) is 6.92 Å². The summed E-state index contributed by atoms with van der Waals surface area (Å²) in [5, 5.41) is 1.85. The first-order valence-electron chi connectivity index (χ1n) is 3.19. The highest BCUT2D eigenvalue weighted by molar-refractivity contribution is 4.51. The second-order valence-electron chi connectivity index (χ2n) is 2.33.